The Hall–Kier alpha value is -2.89. The zero-order valence-corrected chi connectivity index (χ0v) is 14.2. The largest absolute Gasteiger partial charge is 0.338 e. The van der Waals surface area contributed by atoms with Crippen LogP contribution in [0.25, 0.3) is 0 Å². The molecule has 1 aliphatic rings. The average molecular weight is 338 g/mol. The Morgan fingerprint density at radius 3 is 2.76 bits per heavy atom. The number of hydrogen-bond donors (Lipinski definition) is 2. The first-order valence-electron chi connectivity index (χ1n) is 8.40. The van der Waals surface area contributed by atoms with Crippen LogP contribution in [-0.2, 0) is 11.3 Å². The fraction of sp³-hybridized carbons (Fsp3) is 0.316. The number of aromatic nitrogens is 1. The molecule has 1 saturated heterocycles. The summed E-state index contributed by atoms with van der Waals surface area (Å²) in [5.41, 5.74) is 1.96. The van der Waals surface area contributed by atoms with E-state index in [2.05, 4.69) is 15.6 Å². The Bertz CT molecular complexity index is 748. The van der Waals surface area contributed by atoms with Crippen molar-refractivity contribution >= 4 is 17.8 Å². The molecular weight excluding hydrogens is 316 g/mol. The van der Waals surface area contributed by atoms with Gasteiger partial charge in [0, 0.05) is 37.7 Å². The number of anilines is 1. The topological polar surface area (TPSA) is 74.3 Å². The number of urea groups is 1. The molecule has 0 saturated carbocycles. The molecule has 2 N–H and O–H groups in total. The highest BCUT2D eigenvalue weighted by atomic mass is 16.2. The molecule has 1 fully saturated rings. The summed E-state index contributed by atoms with van der Waals surface area (Å²) < 4.78 is 0. The molecule has 0 spiro atoms. The minimum absolute atomic E-state index is 0.132. The van der Waals surface area contributed by atoms with Crippen molar-refractivity contribution in [1.29, 1.82) is 0 Å². The van der Waals surface area contributed by atoms with E-state index in [1.165, 1.54) is 0 Å². The van der Waals surface area contributed by atoms with E-state index in [4.69, 9.17) is 0 Å². The summed E-state index contributed by atoms with van der Waals surface area (Å²) in [6.45, 7) is 3.62. The summed E-state index contributed by atoms with van der Waals surface area (Å²) in [6.07, 6.45) is 0.468. The fourth-order valence-electron chi connectivity index (χ4n) is 2.96. The van der Waals surface area contributed by atoms with E-state index < -0.39 is 0 Å². The van der Waals surface area contributed by atoms with E-state index in [1.807, 2.05) is 54.3 Å². The molecule has 1 aromatic carbocycles. The van der Waals surface area contributed by atoms with E-state index in [-0.39, 0.29) is 17.9 Å². The predicted molar refractivity (Wildman–Crippen MR) is 96.0 cm³/mol. The highest BCUT2D eigenvalue weighted by molar-refractivity contribution is 5.88. The monoisotopic (exact) mass is 338 g/mol. The number of hydrogen-bond acceptors (Lipinski definition) is 3. The lowest BCUT2D eigenvalue weighted by molar-refractivity contribution is -0.128. The summed E-state index contributed by atoms with van der Waals surface area (Å²) in [4.78, 5) is 30.2. The van der Waals surface area contributed by atoms with Crippen molar-refractivity contribution in [3.8, 4) is 0 Å². The van der Waals surface area contributed by atoms with Gasteiger partial charge in [0.15, 0.2) is 0 Å². The van der Waals surface area contributed by atoms with Gasteiger partial charge in [0.2, 0.25) is 5.91 Å². The first-order valence-corrected chi connectivity index (χ1v) is 8.40. The first kappa shape index (κ1) is 17.0. The summed E-state index contributed by atoms with van der Waals surface area (Å²) in [7, 11) is 0. The third-order valence-electron chi connectivity index (χ3n) is 4.19. The third kappa shape index (κ3) is 4.79. The molecule has 0 aliphatic carbocycles. The lowest BCUT2D eigenvalue weighted by Crippen LogP contribution is -2.34. The number of nitrogens with one attached hydrogen (secondary N) is 2. The average Bonchev–Trinajstić information content (AvgIpc) is 2.94. The number of pyridine rings is 1. The normalized spacial score (nSPS) is 16.8. The van der Waals surface area contributed by atoms with Crippen molar-refractivity contribution in [2.75, 3.05) is 18.4 Å². The molecule has 0 bridgehead atoms. The lowest BCUT2D eigenvalue weighted by Gasteiger charge is -2.17. The Morgan fingerprint density at radius 2 is 2.00 bits per heavy atom. The molecule has 130 valence electrons. The molecule has 1 aliphatic heterocycles. The molecule has 2 aromatic rings. The van der Waals surface area contributed by atoms with E-state index in [0.717, 1.165) is 11.3 Å². The van der Waals surface area contributed by atoms with Gasteiger partial charge >= 0.3 is 6.03 Å². The van der Waals surface area contributed by atoms with Gasteiger partial charge in [0.1, 0.15) is 5.82 Å². The van der Waals surface area contributed by atoms with Crippen LogP contribution in [-0.4, -0.2) is 34.9 Å². The number of carbonyl (C=O) groups excluding carboxylic acids is 2. The molecule has 0 radical (unpaired) electrons. The van der Waals surface area contributed by atoms with Crippen LogP contribution in [0.15, 0.2) is 48.5 Å². The van der Waals surface area contributed by atoms with Crippen LogP contribution in [0.2, 0.25) is 0 Å². The quantitative estimate of drug-likeness (QED) is 0.880. The maximum absolute atomic E-state index is 12.1. The van der Waals surface area contributed by atoms with Gasteiger partial charge in [0.25, 0.3) is 0 Å². The van der Waals surface area contributed by atoms with Crippen molar-refractivity contribution < 1.29 is 9.59 Å². The molecule has 1 aromatic heterocycles. The third-order valence-corrected chi connectivity index (χ3v) is 4.19. The van der Waals surface area contributed by atoms with E-state index >= 15 is 0 Å². The number of aryl methyl sites for hydroxylation is 1. The maximum atomic E-state index is 12.1. The van der Waals surface area contributed by atoms with Gasteiger partial charge < -0.3 is 10.2 Å². The van der Waals surface area contributed by atoms with Gasteiger partial charge in [-0.25, -0.2) is 9.78 Å². The molecule has 2 heterocycles. The van der Waals surface area contributed by atoms with Gasteiger partial charge in [-0.1, -0.05) is 36.4 Å². The molecule has 1 atom stereocenters. The van der Waals surface area contributed by atoms with Crippen LogP contribution in [0, 0.1) is 12.8 Å². The predicted octanol–water partition coefficient (Wildman–Crippen LogP) is 2.56. The van der Waals surface area contributed by atoms with Crippen molar-refractivity contribution in [1.82, 2.24) is 15.2 Å². The van der Waals surface area contributed by atoms with E-state index in [1.54, 1.807) is 6.07 Å². The zero-order chi connectivity index (χ0) is 17.6. The highest BCUT2D eigenvalue weighted by Crippen LogP contribution is 2.19. The van der Waals surface area contributed by atoms with E-state index in [0.29, 0.717) is 31.9 Å². The molecule has 0 unspecified atom stereocenters. The van der Waals surface area contributed by atoms with Crippen LogP contribution >= 0.6 is 0 Å². The van der Waals surface area contributed by atoms with Crippen LogP contribution < -0.4 is 10.6 Å². The van der Waals surface area contributed by atoms with Crippen LogP contribution in [0.4, 0.5) is 10.6 Å². The smallest absolute Gasteiger partial charge is 0.320 e. The van der Waals surface area contributed by atoms with Crippen molar-refractivity contribution in [2.45, 2.75) is 19.9 Å². The summed E-state index contributed by atoms with van der Waals surface area (Å²) >= 11 is 0. The van der Waals surface area contributed by atoms with Crippen molar-refractivity contribution in [3.63, 3.8) is 0 Å². The van der Waals surface area contributed by atoms with Crippen LogP contribution in [0.3, 0.4) is 0 Å². The Labute approximate surface area is 147 Å². The molecule has 6 heteroatoms. The van der Waals surface area contributed by atoms with Gasteiger partial charge in [-0.05, 0) is 24.6 Å². The minimum atomic E-state index is -0.299. The summed E-state index contributed by atoms with van der Waals surface area (Å²) in [6, 6.07) is 15.1. The molecule has 25 heavy (non-hydrogen) atoms. The molecule has 6 nitrogen and oxygen atoms in total. The lowest BCUT2D eigenvalue weighted by atomic mass is 10.1. The van der Waals surface area contributed by atoms with Gasteiger partial charge in [-0.2, -0.15) is 0 Å². The second kappa shape index (κ2) is 7.79. The molecular formula is C19H22N4O2. The highest BCUT2D eigenvalue weighted by Gasteiger charge is 2.29. The Kier molecular flexibility index (Phi) is 5.28. The van der Waals surface area contributed by atoms with Crippen LogP contribution in [0.5, 0.6) is 0 Å². The number of rotatable bonds is 5. The van der Waals surface area contributed by atoms with Gasteiger partial charge in [-0.3, -0.25) is 10.1 Å². The van der Waals surface area contributed by atoms with Gasteiger partial charge in [-0.15, -0.1) is 0 Å². The SMILES string of the molecule is Cc1cccc(NC(=O)NC[C@@H]2CC(=O)N(Cc3ccccc3)C2)n1. The second-order valence-corrected chi connectivity index (χ2v) is 6.33. The van der Waals surface area contributed by atoms with Crippen molar-refractivity contribution in [3.05, 3.63) is 59.8 Å². The number of likely N-dealkylation sites (tertiary alicyclic amines) is 1. The van der Waals surface area contributed by atoms with Crippen LogP contribution in [0.1, 0.15) is 17.7 Å². The maximum Gasteiger partial charge on any atom is 0.320 e. The standard InChI is InChI=1S/C19H22N4O2/c1-14-6-5-9-17(21-14)22-19(25)20-11-16-10-18(24)23(13-16)12-15-7-3-2-4-8-15/h2-9,16H,10-13H2,1H3,(H2,20,21,22,25)/t16-/m0/s1. The summed E-state index contributed by atoms with van der Waals surface area (Å²) in [5, 5.41) is 5.54. The number of amides is 3. The number of benzene rings is 1. The summed E-state index contributed by atoms with van der Waals surface area (Å²) in [5.74, 6) is 0.787. The van der Waals surface area contributed by atoms with Gasteiger partial charge in [0.05, 0.1) is 0 Å². The second-order valence-electron chi connectivity index (χ2n) is 6.33. The Balaban J connectivity index is 1.46. The number of nitrogens with zero attached hydrogens (tertiary/aromatic N) is 2. The first-order chi connectivity index (χ1) is 12.1. The fourth-order valence-corrected chi connectivity index (χ4v) is 2.96. The number of carbonyl (C=O) groups is 2. The molecule has 3 rings (SSSR count). The minimum Gasteiger partial charge on any atom is -0.338 e. The zero-order valence-electron chi connectivity index (χ0n) is 14.2. The molecule has 3 amide bonds. The Morgan fingerprint density at radius 1 is 1.20 bits per heavy atom. The van der Waals surface area contributed by atoms with Crippen molar-refractivity contribution in [2.24, 2.45) is 5.92 Å². The van der Waals surface area contributed by atoms with E-state index in [9.17, 15) is 9.59 Å².